The van der Waals surface area contributed by atoms with E-state index in [1.165, 1.54) is 0 Å². The molecule has 18 heavy (non-hydrogen) atoms. The van der Waals surface area contributed by atoms with Gasteiger partial charge in [0.25, 0.3) is 0 Å². The Morgan fingerprint density at radius 3 is 2.56 bits per heavy atom. The molecule has 2 rings (SSSR count). The molecule has 0 unspecified atom stereocenters. The molecular formula is C13H15ClN4. The van der Waals surface area contributed by atoms with E-state index in [-0.39, 0.29) is 0 Å². The Balaban J connectivity index is 2.42. The fourth-order valence-corrected chi connectivity index (χ4v) is 1.81. The number of nitrogens with one attached hydrogen (secondary N) is 1. The van der Waals surface area contributed by atoms with Crippen molar-refractivity contribution in [3.63, 3.8) is 0 Å². The molecule has 1 heterocycles. The van der Waals surface area contributed by atoms with Gasteiger partial charge in [0.1, 0.15) is 5.82 Å². The predicted molar refractivity (Wildman–Crippen MR) is 74.3 cm³/mol. The molecule has 0 radical (unpaired) electrons. The Kier molecular flexibility index (Phi) is 4.12. The van der Waals surface area contributed by atoms with Gasteiger partial charge >= 0.3 is 0 Å². The molecule has 1 aromatic heterocycles. The largest absolute Gasteiger partial charge is 0.308 e. The number of rotatable bonds is 4. The molecule has 0 aliphatic rings. The van der Waals surface area contributed by atoms with E-state index in [9.17, 15) is 0 Å². The van der Waals surface area contributed by atoms with Crippen LogP contribution in [-0.4, -0.2) is 9.97 Å². The number of anilines is 1. The number of benzene rings is 1. The van der Waals surface area contributed by atoms with Crippen molar-refractivity contribution < 1.29 is 0 Å². The third-order valence-corrected chi connectivity index (χ3v) is 2.79. The lowest BCUT2D eigenvalue weighted by molar-refractivity contribution is 0.875. The zero-order valence-corrected chi connectivity index (χ0v) is 10.9. The van der Waals surface area contributed by atoms with Gasteiger partial charge in [-0.15, -0.1) is 0 Å². The van der Waals surface area contributed by atoms with E-state index in [1.54, 1.807) is 0 Å². The highest BCUT2D eigenvalue weighted by molar-refractivity contribution is 6.30. The van der Waals surface area contributed by atoms with Crippen LogP contribution in [-0.2, 0) is 6.42 Å². The van der Waals surface area contributed by atoms with Gasteiger partial charge in [-0.2, -0.15) is 0 Å². The summed E-state index contributed by atoms with van der Waals surface area (Å²) < 4.78 is 0. The monoisotopic (exact) mass is 262 g/mol. The number of aryl methyl sites for hydroxylation is 1. The van der Waals surface area contributed by atoms with Gasteiger partial charge in [-0.3, -0.25) is 0 Å². The van der Waals surface area contributed by atoms with Crippen LogP contribution in [0.3, 0.4) is 0 Å². The highest BCUT2D eigenvalue weighted by Crippen LogP contribution is 2.20. The molecular weight excluding hydrogens is 248 g/mol. The van der Waals surface area contributed by atoms with Crippen molar-refractivity contribution in [2.24, 2.45) is 5.84 Å². The Labute approximate surface area is 111 Å². The van der Waals surface area contributed by atoms with Crippen molar-refractivity contribution in [1.82, 2.24) is 9.97 Å². The number of hydrazine groups is 1. The molecule has 2 aromatic rings. The molecule has 0 atom stereocenters. The van der Waals surface area contributed by atoms with Crippen molar-refractivity contribution in [2.75, 3.05) is 5.43 Å². The van der Waals surface area contributed by atoms with Gasteiger partial charge in [-0.05, 0) is 30.7 Å². The lowest BCUT2D eigenvalue weighted by Gasteiger charge is -2.07. The number of nitrogens with zero attached hydrogens (tertiary/aromatic N) is 2. The molecule has 0 bridgehead atoms. The van der Waals surface area contributed by atoms with Crippen LogP contribution in [0.1, 0.15) is 19.0 Å². The smallest absolute Gasteiger partial charge is 0.161 e. The van der Waals surface area contributed by atoms with Crippen LogP contribution < -0.4 is 11.3 Å². The second-order valence-corrected chi connectivity index (χ2v) is 4.41. The van der Waals surface area contributed by atoms with Crippen LogP contribution in [0.5, 0.6) is 0 Å². The highest BCUT2D eigenvalue weighted by Gasteiger charge is 2.06. The Bertz CT molecular complexity index is 525. The number of aromatic nitrogens is 2. The third-order valence-electron chi connectivity index (χ3n) is 2.54. The fraction of sp³-hybridized carbons (Fsp3) is 0.231. The molecule has 3 N–H and O–H groups in total. The molecule has 94 valence electrons. The second-order valence-electron chi connectivity index (χ2n) is 3.97. The van der Waals surface area contributed by atoms with Gasteiger partial charge in [0.15, 0.2) is 5.82 Å². The minimum absolute atomic E-state index is 0.624. The predicted octanol–water partition coefficient (Wildman–Crippen LogP) is 3.04. The van der Waals surface area contributed by atoms with Gasteiger partial charge in [-0.1, -0.05) is 24.9 Å². The van der Waals surface area contributed by atoms with Crippen molar-refractivity contribution in [3.8, 4) is 11.4 Å². The number of hydrogen-bond acceptors (Lipinski definition) is 4. The summed E-state index contributed by atoms with van der Waals surface area (Å²) in [5.74, 6) is 6.71. The van der Waals surface area contributed by atoms with Gasteiger partial charge in [0.05, 0.1) is 0 Å². The zero-order chi connectivity index (χ0) is 13.0. The van der Waals surface area contributed by atoms with E-state index in [1.807, 2.05) is 30.3 Å². The molecule has 5 heteroatoms. The lowest BCUT2D eigenvalue weighted by atomic mass is 10.2. The maximum absolute atomic E-state index is 5.87. The van der Waals surface area contributed by atoms with Crippen LogP contribution in [0.15, 0.2) is 30.3 Å². The van der Waals surface area contributed by atoms with E-state index in [0.29, 0.717) is 16.7 Å². The summed E-state index contributed by atoms with van der Waals surface area (Å²) in [7, 11) is 0. The molecule has 0 saturated carbocycles. The molecule has 0 fully saturated rings. The fourth-order valence-electron chi connectivity index (χ4n) is 1.68. The SMILES string of the molecule is CCCc1cc(NN)nc(-c2ccc(Cl)cc2)n1. The normalized spacial score (nSPS) is 10.4. The maximum atomic E-state index is 5.87. The summed E-state index contributed by atoms with van der Waals surface area (Å²) in [6.45, 7) is 2.11. The maximum Gasteiger partial charge on any atom is 0.161 e. The molecule has 0 aliphatic heterocycles. The average molecular weight is 263 g/mol. The summed E-state index contributed by atoms with van der Waals surface area (Å²) in [5, 5.41) is 0.695. The van der Waals surface area contributed by atoms with Crippen LogP contribution >= 0.6 is 11.6 Å². The standard InChI is InChI=1S/C13H15ClN4/c1-2-3-11-8-12(18-15)17-13(16-11)9-4-6-10(14)7-5-9/h4-8H,2-3,15H2,1H3,(H,16,17,18). The van der Waals surface area contributed by atoms with Crippen molar-refractivity contribution in [3.05, 3.63) is 41.0 Å². The molecule has 0 aliphatic carbocycles. The van der Waals surface area contributed by atoms with E-state index in [0.717, 1.165) is 24.1 Å². The number of nitrogen functional groups attached to an aromatic ring is 1. The van der Waals surface area contributed by atoms with Crippen molar-refractivity contribution >= 4 is 17.4 Å². The number of halogens is 1. The first-order valence-electron chi connectivity index (χ1n) is 5.83. The van der Waals surface area contributed by atoms with Crippen molar-refractivity contribution in [1.29, 1.82) is 0 Å². The van der Waals surface area contributed by atoms with Gasteiger partial charge in [0.2, 0.25) is 0 Å². The topological polar surface area (TPSA) is 63.8 Å². The zero-order valence-electron chi connectivity index (χ0n) is 10.2. The molecule has 0 spiro atoms. The Morgan fingerprint density at radius 2 is 1.94 bits per heavy atom. The van der Waals surface area contributed by atoms with E-state index in [4.69, 9.17) is 17.4 Å². The first-order chi connectivity index (χ1) is 8.72. The van der Waals surface area contributed by atoms with E-state index < -0.39 is 0 Å². The molecule has 4 nitrogen and oxygen atoms in total. The summed E-state index contributed by atoms with van der Waals surface area (Å²) in [6, 6.07) is 9.30. The van der Waals surface area contributed by atoms with E-state index >= 15 is 0 Å². The molecule has 1 aromatic carbocycles. The highest BCUT2D eigenvalue weighted by atomic mass is 35.5. The Morgan fingerprint density at radius 1 is 1.22 bits per heavy atom. The minimum Gasteiger partial charge on any atom is -0.308 e. The van der Waals surface area contributed by atoms with Gasteiger partial charge < -0.3 is 5.43 Å². The lowest BCUT2D eigenvalue weighted by Crippen LogP contribution is -2.10. The van der Waals surface area contributed by atoms with Crippen LogP contribution in [0.2, 0.25) is 5.02 Å². The van der Waals surface area contributed by atoms with Crippen LogP contribution in [0, 0.1) is 0 Å². The first-order valence-corrected chi connectivity index (χ1v) is 6.21. The first kappa shape index (κ1) is 12.8. The second kappa shape index (κ2) is 5.80. The minimum atomic E-state index is 0.624. The van der Waals surface area contributed by atoms with Crippen LogP contribution in [0.4, 0.5) is 5.82 Å². The van der Waals surface area contributed by atoms with Gasteiger partial charge in [0, 0.05) is 22.3 Å². The van der Waals surface area contributed by atoms with Crippen molar-refractivity contribution in [2.45, 2.75) is 19.8 Å². The third kappa shape index (κ3) is 2.97. The summed E-state index contributed by atoms with van der Waals surface area (Å²) in [5.41, 5.74) is 4.47. The molecule has 0 saturated heterocycles. The Hall–Kier alpha value is -1.65. The summed E-state index contributed by atoms with van der Waals surface area (Å²) in [6.07, 6.45) is 1.93. The average Bonchev–Trinajstić information content (AvgIpc) is 2.39. The van der Waals surface area contributed by atoms with E-state index in [2.05, 4.69) is 22.3 Å². The van der Waals surface area contributed by atoms with Gasteiger partial charge in [-0.25, -0.2) is 15.8 Å². The number of nitrogens with two attached hydrogens (primary N) is 1. The summed E-state index contributed by atoms with van der Waals surface area (Å²) >= 11 is 5.87. The number of hydrogen-bond donors (Lipinski definition) is 2. The quantitative estimate of drug-likeness (QED) is 0.657. The molecule has 0 amide bonds. The summed E-state index contributed by atoms with van der Waals surface area (Å²) in [4.78, 5) is 8.87. The van der Waals surface area contributed by atoms with Crippen LogP contribution in [0.25, 0.3) is 11.4 Å².